The lowest BCUT2D eigenvalue weighted by Gasteiger charge is -2.13. The minimum Gasteiger partial charge on any atom is -0.268 e. The van der Waals surface area contributed by atoms with E-state index < -0.39 is 16.7 Å². The number of fused-ring (bicyclic) bond motifs is 3. The van der Waals surface area contributed by atoms with Gasteiger partial charge in [0.25, 0.3) is 17.5 Å². The maximum atomic E-state index is 13.4. The monoisotopic (exact) mass is 399 g/mol. The Labute approximate surface area is 169 Å². The largest absolute Gasteiger partial charge is 0.271 e. The smallest absolute Gasteiger partial charge is 0.268 e. The number of benzene rings is 2. The molecule has 0 spiro atoms. The predicted molar refractivity (Wildman–Crippen MR) is 108 cm³/mol. The number of nitro groups is 1. The van der Waals surface area contributed by atoms with Crippen LogP contribution in [-0.4, -0.2) is 31.5 Å². The second-order valence-electron chi connectivity index (χ2n) is 6.81. The van der Waals surface area contributed by atoms with Crippen LogP contribution in [0.25, 0.3) is 22.3 Å². The molecular weight excluding hydrogens is 386 g/mol. The van der Waals surface area contributed by atoms with Crippen molar-refractivity contribution in [2.75, 3.05) is 4.90 Å². The van der Waals surface area contributed by atoms with Gasteiger partial charge in [-0.15, -0.1) is 0 Å². The Hall–Kier alpha value is -4.40. The summed E-state index contributed by atoms with van der Waals surface area (Å²) < 4.78 is 1.56. The number of aryl methyl sites for hydroxylation is 1. The summed E-state index contributed by atoms with van der Waals surface area (Å²) in [5.74, 6) is -1.14. The molecule has 1 aliphatic rings. The molecule has 0 aliphatic carbocycles. The summed E-state index contributed by atoms with van der Waals surface area (Å²) in [6.07, 6.45) is 1.35. The minimum atomic E-state index is -0.576. The summed E-state index contributed by atoms with van der Waals surface area (Å²) >= 11 is 0. The van der Waals surface area contributed by atoms with Crippen molar-refractivity contribution in [2.45, 2.75) is 0 Å². The zero-order valence-corrected chi connectivity index (χ0v) is 15.6. The third-order valence-corrected chi connectivity index (χ3v) is 5.05. The van der Waals surface area contributed by atoms with E-state index >= 15 is 0 Å². The first kappa shape index (κ1) is 17.7. The average Bonchev–Trinajstić information content (AvgIpc) is 3.23. The predicted octanol–water partition coefficient (Wildman–Crippen LogP) is 3.34. The van der Waals surface area contributed by atoms with Crippen LogP contribution < -0.4 is 4.90 Å². The Kier molecular flexibility index (Phi) is 3.72. The van der Waals surface area contributed by atoms with Crippen LogP contribution in [-0.2, 0) is 7.05 Å². The molecule has 2 aromatic carbocycles. The Bertz CT molecular complexity index is 1380. The molecule has 30 heavy (non-hydrogen) atoms. The van der Waals surface area contributed by atoms with Crippen LogP contribution in [0.2, 0.25) is 0 Å². The summed E-state index contributed by atoms with van der Waals surface area (Å²) in [7, 11) is 1.72. The van der Waals surface area contributed by atoms with E-state index in [2.05, 4.69) is 10.1 Å². The molecule has 4 aromatic rings. The molecule has 0 saturated carbocycles. The van der Waals surface area contributed by atoms with E-state index in [0.29, 0.717) is 16.7 Å². The molecule has 2 amide bonds. The van der Waals surface area contributed by atoms with Crippen LogP contribution in [0.1, 0.15) is 20.7 Å². The first-order chi connectivity index (χ1) is 14.5. The van der Waals surface area contributed by atoms with Crippen molar-refractivity contribution in [1.82, 2.24) is 14.8 Å². The third kappa shape index (κ3) is 2.42. The van der Waals surface area contributed by atoms with Gasteiger partial charge >= 0.3 is 0 Å². The Morgan fingerprint density at radius 3 is 2.50 bits per heavy atom. The van der Waals surface area contributed by atoms with Crippen molar-refractivity contribution < 1.29 is 14.5 Å². The number of imide groups is 1. The van der Waals surface area contributed by atoms with Gasteiger partial charge in [-0.2, -0.15) is 5.10 Å². The number of pyridine rings is 1. The maximum absolute atomic E-state index is 13.4. The fraction of sp³-hybridized carbons (Fsp3) is 0.0476. The zero-order valence-electron chi connectivity index (χ0n) is 15.6. The van der Waals surface area contributed by atoms with Crippen molar-refractivity contribution in [3.63, 3.8) is 0 Å². The van der Waals surface area contributed by atoms with E-state index in [-0.39, 0.29) is 22.5 Å². The normalized spacial score (nSPS) is 13.2. The van der Waals surface area contributed by atoms with Crippen molar-refractivity contribution in [3.8, 4) is 11.3 Å². The number of nitrogens with zero attached hydrogens (tertiary/aromatic N) is 5. The van der Waals surface area contributed by atoms with Gasteiger partial charge in [0.2, 0.25) is 0 Å². The molecule has 1 aliphatic heterocycles. The molecule has 2 aromatic heterocycles. The van der Waals surface area contributed by atoms with Crippen LogP contribution in [0.5, 0.6) is 0 Å². The van der Waals surface area contributed by atoms with Crippen LogP contribution in [0.15, 0.2) is 60.8 Å². The van der Waals surface area contributed by atoms with Crippen molar-refractivity contribution in [3.05, 3.63) is 82.0 Å². The van der Waals surface area contributed by atoms with Crippen molar-refractivity contribution in [2.24, 2.45) is 7.05 Å². The summed E-state index contributed by atoms with van der Waals surface area (Å²) in [4.78, 5) is 42.3. The van der Waals surface area contributed by atoms with Gasteiger partial charge in [-0.05, 0) is 6.07 Å². The lowest BCUT2D eigenvalue weighted by atomic mass is 10.0. The summed E-state index contributed by atoms with van der Waals surface area (Å²) in [6.45, 7) is 0. The van der Waals surface area contributed by atoms with Gasteiger partial charge in [0.15, 0.2) is 5.65 Å². The van der Waals surface area contributed by atoms with E-state index in [4.69, 9.17) is 0 Å². The SMILES string of the molecule is Cn1nc(-c2ccccc2)c2c3c(cnc21)C(=O)N(c1cccc([N+](=O)[O-])c1)C3=O. The molecular formula is C21H13N5O4. The lowest BCUT2D eigenvalue weighted by Crippen LogP contribution is -2.29. The van der Waals surface area contributed by atoms with Crippen LogP contribution in [0, 0.1) is 10.1 Å². The highest BCUT2D eigenvalue weighted by Gasteiger charge is 2.40. The number of hydrogen-bond donors (Lipinski definition) is 0. The van der Waals surface area contributed by atoms with Gasteiger partial charge < -0.3 is 0 Å². The number of rotatable bonds is 3. The third-order valence-electron chi connectivity index (χ3n) is 5.05. The van der Waals surface area contributed by atoms with Gasteiger partial charge in [0, 0.05) is 30.9 Å². The van der Waals surface area contributed by atoms with Gasteiger partial charge in [-0.25, -0.2) is 14.6 Å². The number of hydrogen-bond acceptors (Lipinski definition) is 6. The van der Waals surface area contributed by atoms with E-state index in [1.54, 1.807) is 11.7 Å². The number of nitro benzene ring substituents is 1. The van der Waals surface area contributed by atoms with Gasteiger partial charge in [-0.3, -0.25) is 19.7 Å². The van der Waals surface area contributed by atoms with Crippen LogP contribution in [0.3, 0.4) is 0 Å². The number of carbonyl (C=O) groups is 2. The number of carbonyl (C=O) groups excluding carboxylic acids is 2. The molecule has 146 valence electrons. The van der Waals surface area contributed by atoms with Gasteiger partial charge in [0.05, 0.1) is 27.1 Å². The molecule has 0 radical (unpaired) electrons. The summed E-state index contributed by atoms with van der Waals surface area (Å²) in [6, 6.07) is 14.7. The van der Waals surface area contributed by atoms with Crippen LogP contribution in [0.4, 0.5) is 11.4 Å². The van der Waals surface area contributed by atoms with Crippen molar-refractivity contribution >= 4 is 34.2 Å². The quantitative estimate of drug-likeness (QED) is 0.297. The number of aromatic nitrogens is 3. The molecule has 9 heteroatoms. The molecule has 9 nitrogen and oxygen atoms in total. The average molecular weight is 399 g/mol. The molecule has 3 heterocycles. The zero-order chi connectivity index (χ0) is 21.0. The molecule has 0 unspecified atom stereocenters. The molecule has 0 N–H and O–H groups in total. The van der Waals surface area contributed by atoms with E-state index in [0.717, 1.165) is 10.5 Å². The van der Waals surface area contributed by atoms with E-state index in [1.165, 1.54) is 30.5 Å². The highest BCUT2D eigenvalue weighted by molar-refractivity contribution is 6.38. The highest BCUT2D eigenvalue weighted by atomic mass is 16.6. The topological polar surface area (TPSA) is 111 Å². The van der Waals surface area contributed by atoms with E-state index in [9.17, 15) is 19.7 Å². The van der Waals surface area contributed by atoms with Crippen LogP contribution >= 0.6 is 0 Å². The van der Waals surface area contributed by atoms with Gasteiger partial charge in [-0.1, -0.05) is 36.4 Å². The fourth-order valence-electron chi connectivity index (χ4n) is 3.71. The number of amides is 2. The first-order valence-corrected chi connectivity index (χ1v) is 9.01. The molecule has 0 fully saturated rings. The maximum Gasteiger partial charge on any atom is 0.271 e. The minimum absolute atomic E-state index is 0.133. The molecule has 0 atom stereocenters. The Balaban J connectivity index is 1.74. The van der Waals surface area contributed by atoms with E-state index in [1.807, 2.05) is 30.3 Å². The Morgan fingerprint density at radius 1 is 1.00 bits per heavy atom. The molecule has 0 bridgehead atoms. The Morgan fingerprint density at radius 2 is 1.77 bits per heavy atom. The standard InChI is InChI=1S/C21H13N5O4/c1-24-19-17(18(23-24)12-6-3-2-4-7-12)16-15(11-22-19)20(27)25(21(16)28)13-8-5-9-14(10-13)26(29)30/h2-11H,1H3. The molecule has 0 saturated heterocycles. The number of non-ortho nitro benzene ring substituents is 1. The summed E-state index contributed by atoms with van der Waals surface area (Å²) in [5.41, 5.74) is 2.06. The second-order valence-corrected chi connectivity index (χ2v) is 6.81. The van der Waals surface area contributed by atoms with Crippen molar-refractivity contribution in [1.29, 1.82) is 0 Å². The second kappa shape index (κ2) is 6.31. The summed E-state index contributed by atoms with van der Waals surface area (Å²) in [5, 5.41) is 16.1. The molecule has 5 rings (SSSR count). The number of anilines is 1. The fourth-order valence-corrected chi connectivity index (χ4v) is 3.71. The van der Waals surface area contributed by atoms with Gasteiger partial charge in [0.1, 0.15) is 5.69 Å². The first-order valence-electron chi connectivity index (χ1n) is 9.01. The lowest BCUT2D eigenvalue weighted by molar-refractivity contribution is -0.384. The highest BCUT2D eigenvalue weighted by Crippen LogP contribution is 2.37.